The lowest BCUT2D eigenvalue weighted by molar-refractivity contribution is 0.0952. The predicted octanol–water partition coefficient (Wildman–Crippen LogP) is 5.41. The topological polar surface area (TPSA) is 73.7 Å². The molecule has 1 aliphatic rings. The van der Waals surface area contributed by atoms with Crippen molar-refractivity contribution in [3.05, 3.63) is 76.8 Å². The Kier molecular flexibility index (Phi) is 4.98. The average molecular weight is 410 g/mol. The third-order valence-electron chi connectivity index (χ3n) is 4.30. The van der Waals surface area contributed by atoms with Gasteiger partial charge in [-0.1, -0.05) is 41.6 Å². The molecule has 0 spiro atoms. The zero-order valence-corrected chi connectivity index (χ0v) is 16.4. The Morgan fingerprint density at radius 1 is 1.07 bits per heavy atom. The van der Waals surface area contributed by atoms with E-state index in [0.29, 0.717) is 10.7 Å². The predicted molar refractivity (Wildman–Crippen MR) is 113 cm³/mol. The average Bonchev–Trinajstić information content (AvgIpc) is 2.69. The molecule has 0 saturated carbocycles. The highest BCUT2D eigenvalue weighted by Crippen LogP contribution is 2.44. The number of phenolic OH excluding ortho intramolecular Hbond substituents is 1. The standard InChI is InChI=1S/C21H16ClN3O2S/c1-12(24-25-21(27)15-8-7-14(22)11-18(15)26)13-6-9-20-17(10-13)23-16-4-2-3-5-19(16)28-20/h2-11,23,26H,1H3,(H,25,27). The van der Waals surface area contributed by atoms with Crippen molar-refractivity contribution in [1.29, 1.82) is 0 Å². The highest BCUT2D eigenvalue weighted by molar-refractivity contribution is 7.99. The maximum Gasteiger partial charge on any atom is 0.275 e. The molecule has 1 heterocycles. The monoisotopic (exact) mass is 409 g/mol. The quantitative estimate of drug-likeness (QED) is 0.312. The van der Waals surface area contributed by atoms with Crippen molar-refractivity contribution >= 4 is 46.4 Å². The SMILES string of the molecule is CC(=NNC(=O)c1ccc(Cl)cc1O)c1ccc2c(c1)Nc1ccccc1S2. The molecular formula is C21H16ClN3O2S. The first-order chi connectivity index (χ1) is 13.5. The van der Waals surface area contributed by atoms with Gasteiger partial charge in [-0.3, -0.25) is 4.79 Å². The fourth-order valence-corrected chi connectivity index (χ4v) is 3.96. The number of anilines is 2. The molecule has 0 bridgehead atoms. The van der Waals surface area contributed by atoms with E-state index in [-0.39, 0.29) is 11.3 Å². The van der Waals surface area contributed by atoms with E-state index in [1.807, 2.05) is 43.3 Å². The van der Waals surface area contributed by atoms with E-state index in [2.05, 4.69) is 21.9 Å². The third kappa shape index (κ3) is 3.69. The second-order valence-corrected chi connectivity index (χ2v) is 7.75. The number of nitrogens with zero attached hydrogens (tertiary/aromatic N) is 1. The number of amides is 1. The van der Waals surface area contributed by atoms with E-state index in [1.165, 1.54) is 23.1 Å². The lowest BCUT2D eigenvalue weighted by Gasteiger charge is -2.21. The van der Waals surface area contributed by atoms with Crippen LogP contribution in [-0.2, 0) is 0 Å². The number of hydrazone groups is 1. The number of carbonyl (C=O) groups excluding carboxylic acids is 1. The van der Waals surface area contributed by atoms with Gasteiger partial charge < -0.3 is 10.4 Å². The second-order valence-electron chi connectivity index (χ2n) is 6.23. The normalized spacial score (nSPS) is 12.6. The van der Waals surface area contributed by atoms with Gasteiger partial charge in [0.2, 0.25) is 0 Å². The molecule has 140 valence electrons. The van der Waals surface area contributed by atoms with Crippen LogP contribution in [0.5, 0.6) is 5.75 Å². The molecule has 7 heteroatoms. The van der Waals surface area contributed by atoms with E-state index in [1.54, 1.807) is 11.8 Å². The zero-order chi connectivity index (χ0) is 19.7. The molecule has 0 atom stereocenters. The number of rotatable bonds is 3. The van der Waals surface area contributed by atoms with Gasteiger partial charge in [0, 0.05) is 14.8 Å². The molecule has 3 aromatic rings. The summed E-state index contributed by atoms with van der Waals surface area (Å²) in [6.07, 6.45) is 0. The maximum atomic E-state index is 12.2. The van der Waals surface area contributed by atoms with Crippen LogP contribution in [-0.4, -0.2) is 16.7 Å². The van der Waals surface area contributed by atoms with Crippen LogP contribution < -0.4 is 10.7 Å². The van der Waals surface area contributed by atoms with Crippen LogP contribution in [0.25, 0.3) is 0 Å². The third-order valence-corrected chi connectivity index (χ3v) is 5.69. The Hall–Kier alpha value is -2.96. The van der Waals surface area contributed by atoms with Gasteiger partial charge in [-0.05, 0) is 55.0 Å². The first-order valence-electron chi connectivity index (χ1n) is 8.53. The summed E-state index contributed by atoms with van der Waals surface area (Å²) >= 11 is 7.50. The van der Waals surface area contributed by atoms with Crippen LogP contribution in [0, 0.1) is 0 Å². The van der Waals surface area contributed by atoms with Gasteiger partial charge in [0.15, 0.2) is 0 Å². The molecule has 3 N–H and O–H groups in total. The van der Waals surface area contributed by atoms with Gasteiger partial charge in [0.25, 0.3) is 5.91 Å². The Balaban J connectivity index is 1.52. The molecule has 0 radical (unpaired) electrons. The smallest absolute Gasteiger partial charge is 0.275 e. The first kappa shape index (κ1) is 18.4. The molecule has 5 nitrogen and oxygen atoms in total. The highest BCUT2D eigenvalue weighted by Gasteiger charge is 2.16. The van der Waals surface area contributed by atoms with Crippen LogP contribution in [0.2, 0.25) is 5.02 Å². The molecule has 0 fully saturated rings. The summed E-state index contributed by atoms with van der Waals surface area (Å²) in [6, 6.07) is 18.4. The highest BCUT2D eigenvalue weighted by atomic mass is 35.5. The number of phenols is 1. The van der Waals surface area contributed by atoms with Gasteiger partial charge in [-0.25, -0.2) is 5.43 Å². The Labute approximate surface area is 171 Å². The van der Waals surface area contributed by atoms with Gasteiger partial charge in [0.05, 0.1) is 22.6 Å². The first-order valence-corrected chi connectivity index (χ1v) is 9.72. The lowest BCUT2D eigenvalue weighted by Crippen LogP contribution is -2.19. The molecule has 3 aromatic carbocycles. The van der Waals surface area contributed by atoms with Crippen LogP contribution in [0.15, 0.2) is 75.6 Å². The molecule has 28 heavy (non-hydrogen) atoms. The number of carbonyl (C=O) groups is 1. The summed E-state index contributed by atoms with van der Waals surface area (Å²) in [5, 5.41) is 17.8. The molecule has 4 rings (SSSR count). The lowest BCUT2D eigenvalue weighted by atomic mass is 10.1. The van der Waals surface area contributed by atoms with Gasteiger partial charge >= 0.3 is 0 Å². The molecular weight excluding hydrogens is 394 g/mol. The summed E-state index contributed by atoms with van der Waals surface area (Å²) in [6.45, 7) is 1.81. The molecule has 0 aromatic heterocycles. The minimum absolute atomic E-state index is 0.112. The minimum Gasteiger partial charge on any atom is -0.507 e. The summed E-state index contributed by atoms with van der Waals surface area (Å²) in [4.78, 5) is 14.6. The van der Waals surface area contributed by atoms with Crippen molar-refractivity contribution in [2.45, 2.75) is 16.7 Å². The van der Waals surface area contributed by atoms with Gasteiger partial charge in [-0.2, -0.15) is 5.10 Å². The van der Waals surface area contributed by atoms with Crippen LogP contribution in [0.1, 0.15) is 22.8 Å². The molecule has 0 aliphatic carbocycles. The summed E-state index contributed by atoms with van der Waals surface area (Å²) in [5.74, 6) is -0.694. The van der Waals surface area contributed by atoms with Gasteiger partial charge in [0.1, 0.15) is 5.75 Å². The van der Waals surface area contributed by atoms with Crippen molar-refractivity contribution in [2.24, 2.45) is 5.10 Å². The van der Waals surface area contributed by atoms with E-state index in [9.17, 15) is 9.90 Å². The van der Waals surface area contributed by atoms with E-state index in [4.69, 9.17) is 11.6 Å². The van der Waals surface area contributed by atoms with Crippen LogP contribution in [0.3, 0.4) is 0 Å². The summed E-state index contributed by atoms with van der Waals surface area (Å²) in [5.41, 5.74) is 6.18. The number of hydrogen-bond donors (Lipinski definition) is 3. The molecule has 0 saturated heterocycles. The number of fused-ring (bicyclic) bond motifs is 2. The fourth-order valence-electron chi connectivity index (χ4n) is 2.82. The largest absolute Gasteiger partial charge is 0.507 e. The fraction of sp³-hybridized carbons (Fsp3) is 0.0476. The van der Waals surface area contributed by atoms with Gasteiger partial charge in [-0.15, -0.1) is 0 Å². The van der Waals surface area contributed by atoms with Crippen LogP contribution in [0.4, 0.5) is 11.4 Å². The zero-order valence-electron chi connectivity index (χ0n) is 14.9. The van der Waals surface area contributed by atoms with Crippen molar-refractivity contribution in [3.8, 4) is 5.75 Å². The van der Waals surface area contributed by atoms with Crippen LogP contribution >= 0.6 is 23.4 Å². The van der Waals surface area contributed by atoms with E-state index >= 15 is 0 Å². The Morgan fingerprint density at radius 3 is 2.68 bits per heavy atom. The summed E-state index contributed by atoms with van der Waals surface area (Å²) < 4.78 is 0. The molecule has 0 unspecified atom stereocenters. The molecule has 1 aliphatic heterocycles. The maximum absolute atomic E-state index is 12.2. The number of benzene rings is 3. The number of para-hydroxylation sites is 1. The minimum atomic E-state index is -0.505. The Morgan fingerprint density at radius 2 is 1.86 bits per heavy atom. The second kappa shape index (κ2) is 7.58. The van der Waals surface area contributed by atoms with Crippen molar-refractivity contribution < 1.29 is 9.90 Å². The number of hydrogen-bond acceptors (Lipinski definition) is 5. The van der Waals surface area contributed by atoms with Crippen molar-refractivity contribution in [2.75, 3.05) is 5.32 Å². The van der Waals surface area contributed by atoms with Crippen molar-refractivity contribution in [1.82, 2.24) is 5.43 Å². The number of aromatic hydroxyl groups is 1. The van der Waals surface area contributed by atoms with E-state index in [0.717, 1.165) is 21.8 Å². The molecule has 1 amide bonds. The number of nitrogens with one attached hydrogen (secondary N) is 2. The summed E-state index contributed by atoms with van der Waals surface area (Å²) in [7, 11) is 0. The van der Waals surface area contributed by atoms with E-state index < -0.39 is 5.91 Å². The Bertz CT molecular complexity index is 1110. The van der Waals surface area contributed by atoms with Crippen molar-refractivity contribution in [3.63, 3.8) is 0 Å². The number of halogens is 1.